The van der Waals surface area contributed by atoms with Gasteiger partial charge in [-0.25, -0.2) is 18.0 Å². The van der Waals surface area contributed by atoms with Gasteiger partial charge in [-0.2, -0.15) is 8.78 Å². The lowest BCUT2D eigenvalue weighted by Crippen LogP contribution is -2.55. The molecule has 0 spiro atoms. The van der Waals surface area contributed by atoms with Crippen LogP contribution < -0.4 is 10.1 Å². The number of carbonyl (C=O) groups is 1. The number of rotatable bonds is 8. The fourth-order valence-electron chi connectivity index (χ4n) is 1.76. The number of ether oxygens (including phenoxy) is 1. The molecule has 0 aliphatic rings. The largest absolute Gasteiger partial charge is 0.521 e. The summed E-state index contributed by atoms with van der Waals surface area (Å²) >= 11 is 0. The Labute approximate surface area is 141 Å². The van der Waals surface area contributed by atoms with Crippen molar-refractivity contribution in [3.63, 3.8) is 0 Å². The summed E-state index contributed by atoms with van der Waals surface area (Å²) < 4.78 is 85.9. The first-order chi connectivity index (χ1) is 11.7. The third-order valence-electron chi connectivity index (χ3n) is 2.85. The Morgan fingerprint density at radius 1 is 0.920 bits per heavy atom. The Bertz CT molecular complexity index is 598. The molecule has 6 nitrogen and oxygen atoms in total. The summed E-state index contributed by atoms with van der Waals surface area (Å²) in [6, 6.07) is 0. The second-order valence-electron chi connectivity index (χ2n) is 4.40. The predicted octanol–water partition coefficient (Wildman–Crippen LogP) is 2.67. The first kappa shape index (κ1) is 21.3. The van der Waals surface area contributed by atoms with Crippen LogP contribution in [0.4, 0.5) is 26.7 Å². The lowest BCUT2D eigenvalue weighted by atomic mass is 10.3. The van der Waals surface area contributed by atoms with Crippen LogP contribution >= 0.6 is 0 Å². The second-order valence-corrected chi connectivity index (χ2v) is 7.10. The number of hydrogen-bond acceptors (Lipinski definition) is 5. The van der Waals surface area contributed by atoms with E-state index in [0.29, 0.717) is 0 Å². The third kappa shape index (κ3) is 4.87. The van der Waals surface area contributed by atoms with Crippen molar-refractivity contribution in [2.24, 2.45) is 0 Å². The second kappa shape index (κ2) is 9.08. The maximum absolute atomic E-state index is 13.5. The zero-order valence-corrected chi connectivity index (χ0v) is 14.6. The Balaban J connectivity index is 2.90. The van der Waals surface area contributed by atoms with Crippen molar-refractivity contribution in [2.45, 2.75) is 13.8 Å². The fraction of sp³-hybridized carbons (Fsp3) is 0.462. The van der Waals surface area contributed by atoms with Crippen LogP contribution in [-0.4, -0.2) is 41.4 Å². The minimum atomic E-state index is -3.32. The van der Waals surface area contributed by atoms with Crippen LogP contribution in [0.1, 0.15) is 13.8 Å². The van der Waals surface area contributed by atoms with E-state index in [1.165, 1.54) is 7.11 Å². The van der Waals surface area contributed by atoms with Gasteiger partial charge in [0.15, 0.2) is 0 Å². The van der Waals surface area contributed by atoms with Crippen LogP contribution in [0, 0.1) is 29.1 Å². The van der Waals surface area contributed by atoms with Gasteiger partial charge in [0.25, 0.3) is 0 Å². The summed E-state index contributed by atoms with van der Waals surface area (Å²) in [7, 11) is -2.04. The zero-order chi connectivity index (χ0) is 19.2. The molecule has 0 aliphatic carbocycles. The molecule has 0 heterocycles. The molecule has 142 valence electrons. The maximum atomic E-state index is 13.5. The molecule has 1 aromatic rings. The van der Waals surface area contributed by atoms with Crippen molar-refractivity contribution >= 4 is 14.9 Å². The molecule has 0 radical (unpaired) electrons. The van der Waals surface area contributed by atoms with Gasteiger partial charge in [0, 0.05) is 20.3 Å². The number of nitrogens with one attached hydrogen (secondary N) is 1. The fourth-order valence-corrected chi connectivity index (χ4v) is 3.67. The van der Waals surface area contributed by atoms with Crippen molar-refractivity contribution in [2.75, 3.05) is 26.5 Å². The molecule has 0 aromatic heterocycles. The minimum absolute atomic E-state index is 0.189. The van der Waals surface area contributed by atoms with E-state index in [-0.39, 0.29) is 19.4 Å². The first-order valence-corrected chi connectivity index (χ1v) is 8.96. The SMILES string of the molecule is CCO[Si](CNC(=O)Oc1c(F)c(F)c(F)c(F)c1F)(OC)OCC. The number of benzene rings is 1. The molecule has 1 aromatic carbocycles. The number of hydrogen-bond donors (Lipinski definition) is 1. The molecule has 0 saturated carbocycles. The van der Waals surface area contributed by atoms with Gasteiger partial charge in [0.1, 0.15) is 0 Å². The summed E-state index contributed by atoms with van der Waals surface area (Å²) in [5.74, 6) is -13.1. The highest BCUT2D eigenvalue weighted by Gasteiger charge is 2.40. The lowest BCUT2D eigenvalue weighted by molar-refractivity contribution is 0.0849. The quantitative estimate of drug-likeness (QED) is 0.321. The summed E-state index contributed by atoms with van der Waals surface area (Å²) in [6.07, 6.45) is -1.82. The average molecular weight is 389 g/mol. The maximum Gasteiger partial charge on any atom is 0.521 e. The van der Waals surface area contributed by atoms with Gasteiger partial charge in [-0.15, -0.1) is 0 Å². The summed E-state index contributed by atoms with van der Waals surface area (Å²) in [5.41, 5.74) is 0. The molecular weight excluding hydrogens is 373 g/mol. The van der Waals surface area contributed by atoms with E-state index in [1.54, 1.807) is 13.8 Å². The van der Waals surface area contributed by atoms with E-state index in [1.807, 2.05) is 0 Å². The first-order valence-electron chi connectivity index (χ1n) is 7.03. The van der Waals surface area contributed by atoms with E-state index in [4.69, 9.17) is 13.3 Å². The van der Waals surface area contributed by atoms with Crippen molar-refractivity contribution in [3.05, 3.63) is 29.1 Å². The molecule has 0 saturated heterocycles. The molecule has 0 atom stereocenters. The smallest absolute Gasteiger partial charge is 0.404 e. The van der Waals surface area contributed by atoms with Crippen molar-refractivity contribution in [1.82, 2.24) is 5.32 Å². The van der Waals surface area contributed by atoms with Crippen molar-refractivity contribution in [1.29, 1.82) is 0 Å². The molecule has 1 amide bonds. The summed E-state index contributed by atoms with van der Waals surface area (Å²) in [4.78, 5) is 11.6. The summed E-state index contributed by atoms with van der Waals surface area (Å²) in [5, 5.41) is 2.05. The van der Waals surface area contributed by atoms with Crippen LogP contribution in [0.3, 0.4) is 0 Å². The molecule has 0 aliphatic heterocycles. The monoisotopic (exact) mass is 389 g/mol. The van der Waals surface area contributed by atoms with Gasteiger partial charge in [0.2, 0.25) is 34.8 Å². The molecule has 12 heteroatoms. The number of carbonyl (C=O) groups excluding carboxylic acids is 1. The molecular formula is C13H16F5NO5Si. The van der Waals surface area contributed by atoms with Crippen LogP contribution in [0.15, 0.2) is 0 Å². The van der Waals surface area contributed by atoms with Gasteiger partial charge in [-0.1, -0.05) is 0 Å². The van der Waals surface area contributed by atoms with Crippen LogP contribution in [0.25, 0.3) is 0 Å². The zero-order valence-electron chi connectivity index (χ0n) is 13.6. The lowest BCUT2D eigenvalue weighted by Gasteiger charge is -2.27. The van der Waals surface area contributed by atoms with E-state index in [2.05, 4.69) is 10.1 Å². The van der Waals surface area contributed by atoms with E-state index in [9.17, 15) is 26.7 Å². The topological polar surface area (TPSA) is 66.0 Å². The normalized spacial score (nSPS) is 11.5. The van der Waals surface area contributed by atoms with E-state index >= 15 is 0 Å². The minimum Gasteiger partial charge on any atom is -0.404 e. The highest BCUT2D eigenvalue weighted by molar-refractivity contribution is 6.61. The highest BCUT2D eigenvalue weighted by atomic mass is 28.4. The Morgan fingerprint density at radius 3 is 1.76 bits per heavy atom. The summed E-state index contributed by atoms with van der Waals surface area (Å²) in [6.45, 7) is 3.67. The van der Waals surface area contributed by atoms with Gasteiger partial charge in [-0.3, -0.25) is 0 Å². The van der Waals surface area contributed by atoms with Crippen molar-refractivity contribution in [3.8, 4) is 5.75 Å². The molecule has 0 bridgehead atoms. The predicted molar refractivity (Wildman–Crippen MR) is 76.3 cm³/mol. The standard InChI is InChI=1S/C13H16F5NO5Si/c1-4-22-25(21-3,23-5-2)6-19-13(20)24-12-10(17)8(15)7(14)9(16)11(12)18/h4-6H2,1-3H3,(H,19,20). The third-order valence-corrected chi connectivity index (χ3v) is 5.54. The van der Waals surface area contributed by atoms with Crippen LogP contribution in [0.5, 0.6) is 5.75 Å². The molecule has 1 rings (SSSR count). The molecule has 0 unspecified atom stereocenters. The van der Waals surface area contributed by atoms with Crippen LogP contribution in [-0.2, 0) is 13.3 Å². The van der Waals surface area contributed by atoms with Gasteiger partial charge in [-0.05, 0) is 13.8 Å². The molecule has 25 heavy (non-hydrogen) atoms. The van der Waals surface area contributed by atoms with Gasteiger partial charge >= 0.3 is 14.9 Å². The van der Waals surface area contributed by atoms with Gasteiger partial charge in [0.05, 0.1) is 6.17 Å². The Morgan fingerprint density at radius 2 is 1.36 bits per heavy atom. The van der Waals surface area contributed by atoms with E-state index < -0.39 is 49.7 Å². The molecule has 0 fully saturated rings. The average Bonchev–Trinajstić information content (AvgIpc) is 2.60. The highest BCUT2D eigenvalue weighted by Crippen LogP contribution is 2.29. The van der Waals surface area contributed by atoms with E-state index in [0.717, 1.165) is 0 Å². The van der Waals surface area contributed by atoms with Crippen molar-refractivity contribution < 1.29 is 44.8 Å². The Kier molecular flexibility index (Phi) is 7.73. The number of amides is 1. The number of halogens is 5. The Hall–Kier alpha value is -1.76. The van der Waals surface area contributed by atoms with Crippen LogP contribution in [0.2, 0.25) is 0 Å². The molecule has 1 N–H and O–H groups in total. The van der Waals surface area contributed by atoms with Gasteiger partial charge < -0.3 is 23.3 Å².